The summed E-state index contributed by atoms with van der Waals surface area (Å²) in [5, 5.41) is 12.5. The van der Waals surface area contributed by atoms with Crippen molar-refractivity contribution in [3.8, 4) is 17.0 Å². The van der Waals surface area contributed by atoms with Crippen molar-refractivity contribution < 1.29 is 27.8 Å². The van der Waals surface area contributed by atoms with Gasteiger partial charge in [0.25, 0.3) is 0 Å². The van der Waals surface area contributed by atoms with Crippen LogP contribution in [0.1, 0.15) is 16.1 Å². The van der Waals surface area contributed by atoms with Crippen molar-refractivity contribution >= 4 is 17.6 Å². The maximum Gasteiger partial charge on any atom is 0.420 e. The Morgan fingerprint density at radius 1 is 1.36 bits per heavy atom. The first-order chi connectivity index (χ1) is 10.1. The van der Waals surface area contributed by atoms with E-state index in [-0.39, 0.29) is 22.0 Å². The maximum atomic E-state index is 13.1. The molecule has 1 heterocycles. The normalized spacial score (nSPS) is 11.5. The monoisotopic (exact) mass is 334 g/mol. The van der Waals surface area contributed by atoms with E-state index in [9.17, 15) is 18.0 Å². The van der Waals surface area contributed by atoms with Gasteiger partial charge in [0, 0.05) is 17.6 Å². The van der Waals surface area contributed by atoms with Gasteiger partial charge in [-0.3, -0.25) is 4.68 Å². The van der Waals surface area contributed by atoms with Crippen LogP contribution in [0.15, 0.2) is 18.2 Å². The number of alkyl halides is 3. The second kappa shape index (κ2) is 5.53. The molecule has 0 spiro atoms. The fourth-order valence-corrected chi connectivity index (χ4v) is 2.26. The molecule has 0 atom stereocenters. The summed E-state index contributed by atoms with van der Waals surface area (Å²) >= 11 is 5.76. The molecule has 0 radical (unpaired) electrons. The van der Waals surface area contributed by atoms with E-state index in [0.29, 0.717) is 0 Å². The highest BCUT2D eigenvalue weighted by molar-refractivity contribution is 6.31. The molecule has 0 unspecified atom stereocenters. The third-order valence-corrected chi connectivity index (χ3v) is 3.16. The number of rotatable bonds is 3. The van der Waals surface area contributed by atoms with E-state index < -0.39 is 23.5 Å². The van der Waals surface area contributed by atoms with E-state index in [0.717, 1.165) is 23.9 Å². The number of nitrogens with zero attached hydrogens (tertiary/aromatic N) is 2. The standard InChI is InChI=1S/C13H10ClF3N2O3/c1-19-10(5-9(18-19)12(20)21)7-3-6(14)4-8(11(7)22-2)13(15,16)17/h3-5H,1-2H3,(H,20,21). The van der Waals surface area contributed by atoms with E-state index >= 15 is 0 Å². The molecule has 22 heavy (non-hydrogen) atoms. The average Bonchev–Trinajstić information content (AvgIpc) is 2.79. The van der Waals surface area contributed by atoms with Gasteiger partial charge in [-0.25, -0.2) is 4.79 Å². The summed E-state index contributed by atoms with van der Waals surface area (Å²) in [5.41, 5.74) is -1.20. The number of aryl methyl sites for hydroxylation is 1. The number of hydrogen-bond acceptors (Lipinski definition) is 3. The molecule has 0 amide bonds. The number of hydrogen-bond donors (Lipinski definition) is 1. The zero-order valence-electron chi connectivity index (χ0n) is 11.4. The van der Waals surface area contributed by atoms with Crippen molar-refractivity contribution in [2.75, 3.05) is 7.11 Å². The van der Waals surface area contributed by atoms with Crippen molar-refractivity contribution in [1.82, 2.24) is 9.78 Å². The summed E-state index contributed by atoms with van der Waals surface area (Å²) in [6.07, 6.45) is -4.67. The Hall–Kier alpha value is -2.22. The highest BCUT2D eigenvalue weighted by atomic mass is 35.5. The molecule has 0 aliphatic rings. The summed E-state index contributed by atoms with van der Waals surface area (Å²) in [6, 6.07) is 3.16. The van der Waals surface area contributed by atoms with Gasteiger partial charge in [-0.1, -0.05) is 11.6 Å². The summed E-state index contributed by atoms with van der Waals surface area (Å²) in [4.78, 5) is 10.9. The third-order valence-electron chi connectivity index (χ3n) is 2.94. The fraction of sp³-hybridized carbons (Fsp3) is 0.231. The Kier molecular flexibility index (Phi) is 4.06. The molecule has 118 valence electrons. The number of aromatic nitrogens is 2. The van der Waals surface area contributed by atoms with Gasteiger partial charge in [0.1, 0.15) is 5.75 Å². The van der Waals surface area contributed by atoms with Crippen LogP contribution in [-0.2, 0) is 13.2 Å². The number of carbonyl (C=O) groups is 1. The predicted octanol–water partition coefficient (Wildman–Crippen LogP) is 3.47. The zero-order valence-corrected chi connectivity index (χ0v) is 12.2. The van der Waals surface area contributed by atoms with Crippen LogP contribution in [-0.4, -0.2) is 28.0 Å². The average molecular weight is 335 g/mol. The van der Waals surface area contributed by atoms with Crippen LogP contribution >= 0.6 is 11.6 Å². The summed E-state index contributed by atoms with van der Waals surface area (Å²) in [7, 11) is 2.51. The Labute approximate surface area is 127 Å². The van der Waals surface area contributed by atoms with Crippen molar-refractivity contribution in [2.45, 2.75) is 6.18 Å². The molecule has 0 bridgehead atoms. The first kappa shape index (κ1) is 16.2. The molecule has 9 heteroatoms. The van der Waals surface area contributed by atoms with E-state index in [4.69, 9.17) is 21.4 Å². The van der Waals surface area contributed by atoms with E-state index in [1.54, 1.807) is 0 Å². The van der Waals surface area contributed by atoms with E-state index in [1.165, 1.54) is 13.1 Å². The van der Waals surface area contributed by atoms with Gasteiger partial charge in [-0.15, -0.1) is 0 Å². The second-order valence-electron chi connectivity index (χ2n) is 4.38. The van der Waals surface area contributed by atoms with Crippen molar-refractivity contribution in [1.29, 1.82) is 0 Å². The van der Waals surface area contributed by atoms with Crippen LogP contribution in [0, 0.1) is 0 Å². The van der Waals surface area contributed by atoms with Gasteiger partial charge < -0.3 is 9.84 Å². The lowest BCUT2D eigenvalue weighted by Crippen LogP contribution is -2.09. The SMILES string of the molecule is COc1c(-c2cc(C(=O)O)nn2C)cc(Cl)cc1C(F)(F)F. The fourth-order valence-electron chi connectivity index (χ4n) is 2.04. The second-order valence-corrected chi connectivity index (χ2v) is 4.81. The van der Waals surface area contributed by atoms with E-state index in [2.05, 4.69) is 5.10 Å². The minimum absolute atomic E-state index is 0.00447. The van der Waals surface area contributed by atoms with Gasteiger partial charge in [-0.05, 0) is 18.2 Å². The third kappa shape index (κ3) is 2.87. The molecule has 0 aliphatic carbocycles. The molecule has 5 nitrogen and oxygen atoms in total. The molecule has 0 aliphatic heterocycles. The van der Waals surface area contributed by atoms with Crippen molar-refractivity contribution in [3.63, 3.8) is 0 Å². The Morgan fingerprint density at radius 3 is 2.45 bits per heavy atom. The topological polar surface area (TPSA) is 64.3 Å². The molecule has 1 N–H and O–H groups in total. The summed E-state index contributed by atoms with van der Waals surface area (Å²) in [5.74, 6) is -1.74. The molecule has 0 saturated carbocycles. The lowest BCUT2D eigenvalue weighted by Gasteiger charge is -2.16. The number of carboxylic acids is 1. The molecule has 0 saturated heterocycles. The lowest BCUT2D eigenvalue weighted by molar-refractivity contribution is -0.138. The van der Waals surface area contributed by atoms with Gasteiger partial charge >= 0.3 is 12.1 Å². The van der Waals surface area contributed by atoms with Gasteiger partial charge in [-0.2, -0.15) is 18.3 Å². The quantitative estimate of drug-likeness (QED) is 0.933. The molecule has 0 fully saturated rings. The highest BCUT2D eigenvalue weighted by Gasteiger charge is 2.36. The largest absolute Gasteiger partial charge is 0.495 e. The minimum atomic E-state index is -4.67. The number of carboxylic acid groups (broad SMARTS) is 1. The molecule has 2 rings (SSSR count). The van der Waals surface area contributed by atoms with Crippen LogP contribution in [0.5, 0.6) is 5.75 Å². The smallest absolute Gasteiger partial charge is 0.420 e. The number of aromatic carboxylic acids is 1. The summed E-state index contributed by atoms with van der Waals surface area (Å²) in [6.45, 7) is 0. The minimum Gasteiger partial charge on any atom is -0.495 e. The maximum absolute atomic E-state index is 13.1. The van der Waals surface area contributed by atoms with Crippen LogP contribution in [0.25, 0.3) is 11.3 Å². The van der Waals surface area contributed by atoms with E-state index in [1.807, 2.05) is 0 Å². The number of benzene rings is 1. The Morgan fingerprint density at radius 2 is 2.00 bits per heavy atom. The lowest BCUT2D eigenvalue weighted by atomic mass is 10.0. The molecule has 1 aromatic carbocycles. The Bertz CT molecular complexity index is 741. The molecule has 2 aromatic rings. The Balaban J connectivity index is 2.75. The van der Waals surface area contributed by atoms with Crippen molar-refractivity contribution in [3.05, 3.63) is 34.5 Å². The number of ether oxygens (including phenoxy) is 1. The highest BCUT2D eigenvalue weighted by Crippen LogP contribution is 2.43. The summed E-state index contributed by atoms with van der Waals surface area (Å²) < 4.78 is 45.3. The zero-order chi connectivity index (χ0) is 16.7. The van der Waals surface area contributed by atoms with Gasteiger partial charge in [0.15, 0.2) is 5.69 Å². The van der Waals surface area contributed by atoms with Gasteiger partial charge in [0.2, 0.25) is 0 Å². The van der Waals surface area contributed by atoms with Crippen LogP contribution in [0.3, 0.4) is 0 Å². The predicted molar refractivity (Wildman–Crippen MR) is 72.2 cm³/mol. The van der Waals surface area contributed by atoms with Crippen LogP contribution in [0.4, 0.5) is 13.2 Å². The first-order valence-corrected chi connectivity index (χ1v) is 6.25. The van der Waals surface area contributed by atoms with Gasteiger partial charge in [0.05, 0.1) is 18.4 Å². The van der Waals surface area contributed by atoms with Crippen LogP contribution < -0.4 is 4.74 Å². The van der Waals surface area contributed by atoms with Crippen LogP contribution in [0.2, 0.25) is 5.02 Å². The molecular formula is C13H10ClF3N2O3. The number of methoxy groups -OCH3 is 1. The molecular weight excluding hydrogens is 325 g/mol. The van der Waals surface area contributed by atoms with Crippen molar-refractivity contribution in [2.24, 2.45) is 7.05 Å². The number of halogens is 4. The first-order valence-electron chi connectivity index (χ1n) is 5.87. The molecule has 1 aromatic heterocycles.